The van der Waals surface area contributed by atoms with Crippen LogP contribution in [0.3, 0.4) is 0 Å². The van der Waals surface area contributed by atoms with Crippen LogP contribution in [0.15, 0.2) is 4.99 Å². The smallest absolute Gasteiger partial charge is 0.193 e. The molecule has 0 aromatic carbocycles. The number of hydrogen-bond acceptors (Lipinski definition) is 4. The average molecular weight is 103 g/mol. The van der Waals surface area contributed by atoms with Crippen LogP contribution in [0.5, 0.6) is 0 Å². The van der Waals surface area contributed by atoms with Gasteiger partial charge in [0.25, 0.3) is 0 Å². The lowest BCUT2D eigenvalue weighted by Gasteiger charge is -2.17. The fraction of sp³-hybridized carbons (Fsp3) is 0.500. The summed E-state index contributed by atoms with van der Waals surface area (Å²) < 4.78 is 0. The molecule has 1 aliphatic rings. The Labute approximate surface area is 41.0 Å². The summed E-state index contributed by atoms with van der Waals surface area (Å²) >= 11 is 3.87. The molecule has 0 radical (unpaired) electrons. The van der Waals surface area contributed by atoms with Crippen LogP contribution >= 0.6 is 12.6 Å². The molecule has 0 aromatic rings. The van der Waals surface area contributed by atoms with Crippen molar-refractivity contribution in [3.05, 3.63) is 0 Å². The third-order valence-electron chi connectivity index (χ3n) is 0.538. The quantitative estimate of drug-likeness (QED) is 0.349. The number of nitrogens with zero attached hydrogens (tertiary/aromatic N) is 1. The van der Waals surface area contributed by atoms with Crippen molar-refractivity contribution in [2.75, 3.05) is 0 Å². The minimum absolute atomic E-state index is 0.0509. The van der Waals surface area contributed by atoms with Crippen LogP contribution in [-0.2, 0) is 0 Å². The maximum Gasteiger partial charge on any atom is 0.193 e. The van der Waals surface area contributed by atoms with Crippen LogP contribution in [0, 0.1) is 0 Å². The van der Waals surface area contributed by atoms with Gasteiger partial charge in [0, 0.05) is 0 Å². The summed E-state index contributed by atoms with van der Waals surface area (Å²) in [5.74, 6) is 0.481. The zero-order valence-electron chi connectivity index (χ0n) is 3.05. The molecule has 3 N–H and O–H groups in total. The Morgan fingerprint density at radius 1 is 2.00 bits per heavy atom. The lowest BCUT2D eigenvalue weighted by atomic mass is 10.8. The number of hydrogen-bond donors (Lipinski definition) is 3. The summed E-state index contributed by atoms with van der Waals surface area (Å²) in [6, 6.07) is 0. The number of thiol groups is 1. The van der Waals surface area contributed by atoms with E-state index in [9.17, 15) is 0 Å². The van der Waals surface area contributed by atoms with E-state index in [2.05, 4.69) is 22.9 Å². The topological polar surface area (TPSA) is 50.4 Å². The van der Waals surface area contributed by atoms with Gasteiger partial charge in [0.1, 0.15) is 0 Å². The molecule has 0 saturated heterocycles. The Kier molecular flexibility index (Phi) is 0.660. The monoisotopic (exact) mass is 103 g/mol. The summed E-state index contributed by atoms with van der Waals surface area (Å²) in [7, 11) is 0. The molecule has 0 aliphatic carbocycles. The molecule has 0 aromatic heterocycles. The molecule has 1 rings (SSSR count). The van der Waals surface area contributed by atoms with E-state index in [-0.39, 0.29) is 5.50 Å². The Morgan fingerprint density at radius 2 is 2.50 bits per heavy atom. The van der Waals surface area contributed by atoms with Crippen LogP contribution in [0.1, 0.15) is 0 Å². The number of guanidine groups is 1. The third-order valence-corrected chi connectivity index (χ3v) is 0.783. The second-order valence-electron chi connectivity index (χ2n) is 1.03. The van der Waals surface area contributed by atoms with Crippen molar-refractivity contribution in [1.82, 2.24) is 5.32 Å². The highest BCUT2D eigenvalue weighted by Gasteiger charge is 2.09. The summed E-state index contributed by atoms with van der Waals surface area (Å²) in [6.07, 6.45) is 0. The lowest BCUT2D eigenvalue weighted by Crippen LogP contribution is -2.46. The van der Waals surface area contributed by atoms with Gasteiger partial charge < -0.3 is 11.1 Å². The Hall–Kier alpha value is -0.380. The third kappa shape index (κ3) is 0.428. The largest absolute Gasteiger partial charge is 0.370 e. The van der Waals surface area contributed by atoms with Gasteiger partial charge in [-0.05, 0) is 0 Å². The maximum absolute atomic E-state index is 5.06. The fourth-order valence-corrected chi connectivity index (χ4v) is 0.524. The van der Waals surface area contributed by atoms with Crippen molar-refractivity contribution < 1.29 is 0 Å². The summed E-state index contributed by atoms with van der Waals surface area (Å²) in [5, 5.41) is 2.70. The molecular formula is C2H5N3S. The summed E-state index contributed by atoms with van der Waals surface area (Å²) in [4.78, 5) is 3.67. The molecule has 34 valence electrons. The first-order valence-corrected chi connectivity index (χ1v) is 2.08. The standard InChI is InChI=1S/C2H5N3S/c3-1-4-2(6)5-1/h2,6H,(H3,3,4,5). The fourth-order valence-electron chi connectivity index (χ4n) is 0.267. The molecule has 1 unspecified atom stereocenters. The number of aliphatic imine (C=N–C) groups is 1. The van der Waals surface area contributed by atoms with E-state index < -0.39 is 0 Å². The highest BCUT2D eigenvalue weighted by Crippen LogP contribution is 1.97. The van der Waals surface area contributed by atoms with E-state index in [1.54, 1.807) is 0 Å². The van der Waals surface area contributed by atoms with Gasteiger partial charge in [-0.25, -0.2) is 4.99 Å². The van der Waals surface area contributed by atoms with Gasteiger partial charge in [-0.2, -0.15) is 0 Å². The van der Waals surface area contributed by atoms with E-state index in [0.29, 0.717) is 5.96 Å². The van der Waals surface area contributed by atoms with Gasteiger partial charge >= 0.3 is 0 Å². The molecule has 0 fully saturated rings. The zero-order valence-corrected chi connectivity index (χ0v) is 3.94. The highest BCUT2D eigenvalue weighted by atomic mass is 32.1. The predicted molar refractivity (Wildman–Crippen MR) is 27.5 cm³/mol. The zero-order chi connectivity index (χ0) is 4.57. The molecule has 1 heterocycles. The van der Waals surface area contributed by atoms with E-state index in [1.165, 1.54) is 0 Å². The van der Waals surface area contributed by atoms with E-state index in [0.717, 1.165) is 0 Å². The molecule has 6 heavy (non-hydrogen) atoms. The van der Waals surface area contributed by atoms with Gasteiger partial charge in [0.2, 0.25) is 0 Å². The Bertz CT molecular complexity index is 88.8. The van der Waals surface area contributed by atoms with E-state index >= 15 is 0 Å². The first-order valence-electron chi connectivity index (χ1n) is 1.57. The molecule has 1 aliphatic heterocycles. The summed E-state index contributed by atoms with van der Waals surface area (Å²) in [6.45, 7) is 0. The van der Waals surface area contributed by atoms with Crippen molar-refractivity contribution in [3.63, 3.8) is 0 Å². The number of nitrogens with one attached hydrogen (secondary N) is 1. The van der Waals surface area contributed by atoms with Crippen LogP contribution in [-0.4, -0.2) is 11.5 Å². The molecule has 1 atom stereocenters. The highest BCUT2D eigenvalue weighted by molar-refractivity contribution is 7.81. The molecule has 0 saturated carbocycles. The Morgan fingerprint density at radius 3 is 2.50 bits per heavy atom. The first kappa shape index (κ1) is 3.80. The molecule has 0 bridgehead atoms. The predicted octanol–water partition coefficient (Wildman–Crippen LogP) is -0.882. The van der Waals surface area contributed by atoms with Crippen LogP contribution < -0.4 is 11.1 Å². The first-order chi connectivity index (χ1) is 2.79. The summed E-state index contributed by atoms with van der Waals surface area (Å²) in [5.41, 5.74) is 5.01. The van der Waals surface area contributed by atoms with Crippen molar-refractivity contribution in [1.29, 1.82) is 0 Å². The minimum Gasteiger partial charge on any atom is -0.370 e. The van der Waals surface area contributed by atoms with Crippen LogP contribution in [0.2, 0.25) is 0 Å². The van der Waals surface area contributed by atoms with Crippen LogP contribution in [0.25, 0.3) is 0 Å². The minimum atomic E-state index is -0.0509. The Balaban J connectivity index is 2.46. The average Bonchev–Trinajstić information content (AvgIpc) is 1.33. The number of rotatable bonds is 0. The maximum atomic E-state index is 5.06. The second kappa shape index (κ2) is 1.04. The van der Waals surface area contributed by atoms with Gasteiger partial charge in [-0.1, -0.05) is 0 Å². The van der Waals surface area contributed by atoms with Crippen molar-refractivity contribution in [2.24, 2.45) is 10.7 Å². The second-order valence-corrected chi connectivity index (χ2v) is 1.52. The van der Waals surface area contributed by atoms with Crippen molar-refractivity contribution in [2.45, 2.75) is 5.50 Å². The van der Waals surface area contributed by atoms with Crippen molar-refractivity contribution >= 4 is 18.6 Å². The molecule has 0 spiro atoms. The number of nitrogens with two attached hydrogens (primary N) is 1. The van der Waals surface area contributed by atoms with Crippen LogP contribution in [0.4, 0.5) is 0 Å². The molecule has 0 amide bonds. The molecular weight excluding hydrogens is 98.1 g/mol. The van der Waals surface area contributed by atoms with Gasteiger partial charge in [-0.3, -0.25) is 0 Å². The SMILES string of the molecule is NC1=NC(S)N1. The molecule has 3 nitrogen and oxygen atoms in total. The van der Waals surface area contributed by atoms with E-state index in [1.807, 2.05) is 0 Å². The van der Waals surface area contributed by atoms with Gasteiger partial charge in [0.15, 0.2) is 11.5 Å². The van der Waals surface area contributed by atoms with E-state index in [4.69, 9.17) is 5.73 Å². The molecule has 4 heteroatoms. The van der Waals surface area contributed by atoms with Crippen molar-refractivity contribution in [3.8, 4) is 0 Å². The normalized spacial score (nSPS) is 30.2. The van der Waals surface area contributed by atoms with Gasteiger partial charge in [0.05, 0.1) is 0 Å². The lowest BCUT2D eigenvalue weighted by molar-refractivity contribution is 0.768. The van der Waals surface area contributed by atoms with Gasteiger partial charge in [-0.15, -0.1) is 12.6 Å².